The van der Waals surface area contributed by atoms with Crippen molar-refractivity contribution in [1.29, 1.82) is 0 Å². The lowest BCUT2D eigenvalue weighted by atomic mass is 9.85. The SMILES string of the molecule is CC(C)(C)[C@@H](C(=O)N1CC(O)CC1C(=O)NCCc1ccn(-c2cccc(F)c2)n1)n1cc(C2CC2)nn1. The number of nitrogens with one attached hydrogen (secondary N) is 1. The van der Waals surface area contributed by atoms with Crippen molar-refractivity contribution in [3.8, 4) is 5.69 Å². The highest BCUT2D eigenvalue weighted by Crippen LogP contribution is 2.40. The van der Waals surface area contributed by atoms with Crippen LogP contribution in [0.5, 0.6) is 0 Å². The highest BCUT2D eigenvalue weighted by atomic mass is 19.1. The largest absolute Gasteiger partial charge is 0.391 e. The smallest absolute Gasteiger partial charge is 0.248 e. The second-order valence-corrected chi connectivity index (χ2v) is 11.3. The minimum atomic E-state index is -0.782. The molecule has 1 saturated carbocycles. The van der Waals surface area contributed by atoms with Crippen LogP contribution in [0.15, 0.2) is 42.7 Å². The number of halogens is 1. The number of carbonyl (C=O) groups excluding carboxylic acids is 2. The normalized spacial score (nSPS) is 20.5. The highest BCUT2D eigenvalue weighted by molar-refractivity contribution is 5.90. The molecule has 202 valence electrons. The molecule has 5 rings (SSSR count). The fourth-order valence-corrected chi connectivity index (χ4v) is 5.02. The number of benzene rings is 1. The Labute approximate surface area is 220 Å². The average Bonchev–Trinajstić information content (AvgIpc) is 3.23. The van der Waals surface area contributed by atoms with Crippen molar-refractivity contribution in [2.45, 2.75) is 70.6 Å². The Balaban J connectivity index is 1.23. The number of aliphatic hydroxyl groups excluding tert-OH is 1. The van der Waals surface area contributed by atoms with Gasteiger partial charge in [-0.2, -0.15) is 5.10 Å². The summed E-state index contributed by atoms with van der Waals surface area (Å²) in [4.78, 5) is 28.4. The van der Waals surface area contributed by atoms with Gasteiger partial charge >= 0.3 is 0 Å². The van der Waals surface area contributed by atoms with Gasteiger partial charge < -0.3 is 15.3 Å². The molecule has 2 fully saturated rings. The molecule has 10 nitrogen and oxygen atoms in total. The van der Waals surface area contributed by atoms with Crippen molar-refractivity contribution in [2.75, 3.05) is 13.1 Å². The van der Waals surface area contributed by atoms with Crippen LogP contribution in [0.2, 0.25) is 0 Å². The first kappa shape index (κ1) is 26.0. The average molecular weight is 524 g/mol. The molecule has 2 aliphatic rings. The van der Waals surface area contributed by atoms with Gasteiger partial charge in [0.15, 0.2) is 0 Å². The van der Waals surface area contributed by atoms with Crippen molar-refractivity contribution in [3.05, 3.63) is 59.9 Å². The Morgan fingerprint density at radius 2 is 2.03 bits per heavy atom. The first-order chi connectivity index (χ1) is 18.1. The summed E-state index contributed by atoms with van der Waals surface area (Å²) in [7, 11) is 0. The second kappa shape index (κ2) is 10.3. The molecule has 3 aromatic rings. The summed E-state index contributed by atoms with van der Waals surface area (Å²) in [6.45, 7) is 6.27. The molecule has 0 spiro atoms. The third kappa shape index (κ3) is 5.62. The van der Waals surface area contributed by atoms with Gasteiger partial charge in [0.25, 0.3) is 0 Å². The summed E-state index contributed by atoms with van der Waals surface area (Å²) in [6.07, 6.45) is 5.60. The predicted octanol–water partition coefficient (Wildman–Crippen LogP) is 2.39. The molecule has 1 aromatic carbocycles. The Morgan fingerprint density at radius 1 is 1.24 bits per heavy atom. The number of β-amino-alcohol motifs (C(OH)–C–C–N with tert-alkyl or cyclic N) is 1. The van der Waals surface area contributed by atoms with E-state index in [2.05, 4.69) is 20.7 Å². The molecule has 3 heterocycles. The van der Waals surface area contributed by atoms with E-state index in [1.54, 1.807) is 27.7 Å². The van der Waals surface area contributed by atoms with Crippen molar-refractivity contribution >= 4 is 11.8 Å². The van der Waals surface area contributed by atoms with Gasteiger partial charge in [-0.3, -0.25) is 9.59 Å². The zero-order chi connectivity index (χ0) is 27.0. The second-order valence-electron chi connectivity index (χ2n) is 11.3. The number of rotatable bonds is 8. The topological polar surface area (TPSA) is 118 Å². The molecule has 2 N–H and O–H groups in total. The zero-order valence-corrected chi connectivity index (χ0v) is 21.9. The van der Waals surface area contributed by atoms with Gasteiger partial charge in [0.1, 0.15) is 17.9 Å². The van der Waals surface area contributed by atoms with Crippen LogP contribution in [0.4, 0.5) is 4.39 Å². The lowest BCUT2D eigenvalue weighted by Gasteiger charge is -2.34. The summed E-state index contributed by atoms with van der Waals surface area (Å²) < 4.78 is 16.7. The maximum absolute atomic E-state index is 13.8. The number of carbonyl (C=O) groups is 2. The first-order valence-corrected chi connectivity index (χ1v) is 13.1. The summed E-state index contributed by atoms with van der Waals surface area (Å²) >= 11 is 0. The summed E-state index contributed by atoms with van der Waals surface area (Å²) in [5, 5.41) is 26.3. The number of aliphatic hydroxyl groups is 1. The number of amides is 2. The van der Waals surface area contributed by atoms with Crippen LogP contribution in [0, 0.1) is 11.2 Å². The first-order valence-electron chi connectivity index (χ1n) is 13.1. The molecule has 2 amide bonds. The van der Waals surface area contributed by atoms with E-state index in [0.29, 0.717) is 24.6 Å². The van der Waals surface area contributed by atoms with E-state index in [0.717, 1.165) is 24.2 Å². The van der Waals surface area contributed by atoms with E-state index >= 15 is 0 Å². The van der Waals surface area contributed by atoms with Crippen LogP contribution in [0.1, 0.15) is 63.4 Å². The maximum atomic E-state index is 13.8. The molecular formula is C27H34FN7O3. The molecule has 11 heteroatoms. The minimum Gasteiger partial charge on any atom is -0.391 e. The van der Waals surface area contributed by atoms with Gasteiger partial charge in [-0.15, -0.1) is 5.10 Å². The third-order valence-corrected chi connectivity index (χ3v) is 7.10. The number of nitrogens with zero attached hydrogens (tertiary/aromatic N) is 6. The molecule has 2 unspecified atom stereocenters. The van der Waals surface area contributed by atoms with Crippen LogP contribution >= 0.6 is 0 Å². The Morgan fingerprint density at radius 3 is 2.74 bits per heavy atom. The number of hydrogen-bond donors (Lipinski definition) is 2. The molecule has 38 heavy (non-hydrogen) atoms. The number of hydrogen-bond acceptors (Lipinski definition) is 6. The predicted molar refractivity (Wildman–Crippen MR) is 137 cm³/mol. The van der Waals surface area contributed by atoms with E-state index in [9.17, 15) is 19.1 Å². The van der Waals surface area contributed by atoms with Gasteiger partial charge in [0, 0.05) is 44.2 Å². The zero-order valence-electron chi connectivity index (χ0n) is 21.9. The monoisotopic (exact) mass is 523 g/mol. The van der Waals surface area contributed by atoms with Crippen molar-refractivity contribution in [2.24, 2.45) is 5.41 Å². The molecule has 1 aliphatic carbocycles. The van der Waals surface area contributed by atoms with E-state index < -0.39 is 23.6 Å². The van der Waals surface area contributed by atoms with Crippen molar-refractivity contribution in [3.63, 3.8) is 0 Å². The lowest BCUT2D eigenvalue weighted by molar-refractivity contribution is -0.144. The molecule has 1 aliphatic heterocycles. The van der Waals surface area contributed by atoms with Gasteiger partial charge in [-0.25, -0.2) is 13.8 Å². The van der Waals surface area contributed by atoms with Gasteiger partial charge in [0.2, 0.25) is 11.8 Å². The lowest BCUT2D eigenvalue weighted by Crippen LogP contribution is -2.50. The standard InChI is InChI=1S/C27H34FN7O3/c1-27(2,3)24(35-16-22(30-32-35)17-7-8-17)26(38)33-15-21(36)14-23(33)25(37)29-11-9-19-10-12-34(31-19)20-6-4-5-18(28)13-20/h4-6,10,12-13,16-17,21,23-24,36H,7-9,11,14-15H2,1-3H3,(H,29,37)/t21?,23?,24-/m1/s1. The van der Waals surface area contributed by atoms with Gasteiger partial charge in [-0.1, -0.05) is 32.1 Å². The van der Waals surface area contributed by atoms with Crippen LogP contribution in [-0.2, 0) is 16.0 Å². The summed E-state index contributed by atoms with van der Waals surface area (Å²) in [6, 6.07) is 6.52. The van der Waals surface area contributed by atoms with Gasteiger partial charge in [-0.05, 0) is 42.5 Å². The number of likely N-dealkylation sites (tertiary alicyclic amines) is 1. The highest BCUT2D eigenvalue weighted by Gasteiger charge is 2.45. The maximum Gasteiger partial charge on any atom is 0.248 e. The molecule has 3 atom stereocenters. The van der Waals surface area contributed by atoms with E-state index in [-0.39, 0.29) is 30.6 Å². The molecule has 0 bridgehead atoms. The Kier molecular flexibility index (Phi) is 7.04. The van der Waals surface area contributed by atoms with E-state index in [4.69, 9.17) is 0 Å². The van der Waals surface area contributed by atoms with Crippen molar-refractivity contribution < 1.29 is 19.1 Å². The summed E-state index contributed by atoms with van der Waals surface area (Å²) in [5.41, 5.74) is 1.75. The Hall–Kier alpha value is -3.60. The fraction of sp³-hybridized carbons (Fsp3) is 0.519. The van der Waals surface area contributed by atoms with Gasteiger partial charge in [0.05, 0.1) is 23.2 Å². The summed E-state index contributed by atoms with van der Waals surface area (Å²) in [5.74, 6) is -0.503. The molecule has 0 radical (unpaired) electrons. The van der Waals surface area contributed by atoms with Crippen LogP contribution in [0.25, 0.3) is 5.69 Å². The van der Waals surface area contributed by atoms with Crippen LogP contribution in [-0.4, -0.2) is 71.8 Å². The Bertz CT molecular complexity index is 1310. The van der Waals surface area contributed by atoms with E-state index in [1.165, 1.54) is 17.0 Å². The number of aromatic nitrogens is 5. The van der Waals surface area contributed by atoms with Crippen molar-refractivity contribution in [1.82, 2.24) is 35.0 Å². The van der Waals surface area contributed by atoms with E-state index in [1.807, 2.05) is 33.0 Å². The molecular weight excluding hydrogens is 489 g/mol. The third-order valence-electron chi connectivity index (χ3n) is 7.10. The van der Waals surface area contributed by atoms with Crippen LogP contribution in [0.3, 0.4) is 0 Å². The quantitative estimate of drug-likeness (QED) is 0.468. The minimum absolute atomic E-state index is 0.0890. The van der Waals surface area contributed by atoms with Crippen LogP contribution < -0.4 is 5.32 Å². The fourth-order valence-electron chi connectivity index (χ4n) is 5.02. The molecule has 2 aromatic heterocycles. The molecule has 1 saturated heterocycles.